The second kappa shape index (κ2) is 5.04. The molecule has 2 saturated carbocycles. The van der Waals surface area contributed by atoms with E-state index in [2.05, 4.69) is 36.4 Å². The highest BCUT2D eigenvalue weighted by molar-refractivity contribution is 5.97. The van der Waals surface area contributed by atoms with Gasteiger partial charge < -0.3 is 5.32 Å². The first-order valence-electron chi connectivity index (χ1n) is 9.01. The van der Waals surface area contributed by atoms with Crippen LogP contribution in [0.2, 0.25) is 0 Å². The van der Waals surface area contributed by atoms with Crippen molar-refractivity contribution in [3.05, 3.63) is 23.8 Å². The molecular weight excluding hydrogens is 300 g/mol. The van der Waals surface area contributed by atoms with Crippen LogP contribution in [0.15, 0.2) is 18.2 Å². The Morgan fingerprint density at radius 3 is 2.79 bits per heavy atom. The summed E-state index contributed by atoms with van der Waals surface area (Å²) in [4.78, 5) is 12.8. The molecular formula is C19H26N4O. The van der Waals surface area contributed by atoms with Crippen LogP contribution in [0.25, 0.3) is 11.0 Å². The van der Waals surface area contributed by atoms with Gasteiger partial charge in [-0.3, -0.25) is 4.79 Å². The summed E-state index contributed by atoms with van der Waals surface area (Å²) in [6, 6.07) is 5.94. The number of nitrogens with zero attached hydrogens (tertiary/aromatic N) is 3. The number of rotatable bonds is 3. The Labute approximate surface area is 142 Å². The minimum atomic E-state index is 0.0116. The zero-order valence-corrected chi connectivity index (χ0v) is 15.0. The molecule has 1 aromatic carbocycles. The molecule has 4 rings (SSSR count). The van der Waals surface area contributed by atoms with Crippen LogP contribution in [0.1, 0.15) is 57.3 Å². The summed E-state index contributed by atoms with van der Waals surface area (Å²) >= 11 is 0. The maximum Gasteiger partial charge on any atom is 0.251 e. The fourth-order valence-corrected chi connectivity index (χ4v) is 5.01. The first-order chi connectivity index (χ1) is 11.4. The molecule has 0 saturated heterocycles. The lowest BCUT2D eigenvalue weighted by Crippen LogP contribution is -2.46. The van der Waals surface area contributed by atoms with Gasteiger partial charge in [-0.1, -0.05) is 26.0 Å². The van der Waals surface area contributed by atoms with E-state index in [1.54, 1.807) is 0 Å². The zero-order chi connectivity index (χ0) is 17.1. The van der Waals surface area contributed by atoms with Crippen molar-refractivity contribution in [2.24, 2.45) is 16.7 Å². The lowest BCUT2D eigenvalue weighted by molar-refractivity contribution is 0.0826. The highest BCUT2D eigenvalue weighted by Crippen LogP contribution is 2.65. The van der Waals surface area contributed by atoms with Crippen molar-refractivity contribution in [1.82, 2.24) is 20.3 Å². The topological polar surface area (TPSA) is 59.8 Å². The van der Waals surface area contributed by atoms with Gasteiger partial charge in [-0.25, -0.2) is 4.68 Å². The van der Waals surface area contributed by atoms with E-state index < -0.39 is 0 Å². The molecule has 2 bridgehead atoms. The van der Waals surface area contributed by atoms with E-state index in [9.17, 15) is 4.79 Å². The minimum Gasteiger partial charge on any atom is -0.349 e. The Morgan fingerprint density at radius 1 is 1.38 bits per heavy atom. The van der Waals surface area contributed by atoms with Gasteiger partial charge in [0.2, 0.25) is 0 Å². The Hall–Kier alpha value is -1.91. The van der Waals surface area contributed by atoms with Gasteiger partial charge in [0.25, 0.3) is 5.91 Å². The van der Waals surface area contributed by atoms with Crippen molar-refractivity contribution in [2.75, 3.05) is 0 Å². The highest BCUT2D eigenvalue weighted by atomic mass is 16.1. The Morgan fingerprint density at radius 2 is 2.17 bits per heavy atom. The van der Waals surface area contributed by atoms with Crippen LogP contribution in [-0.2, 0) is 6.54 Å². The molecule has 5 nitrogen and oxygen atoms in total. The van der Waals surface area contributed by atoms with E-state index in [0.29, 0.717) is 11.0 Å². The monoisotopic (exact) mass is 326 g/mol. The third-order valence-corrected chi connectivity index (χ3v) is 7.17. The first kappa shape index (κ1) is 15.6. The highest BCUT2D eigenvalue weighted by Gasteiger charge is 2.61. The van der Waals surface area contributed by atoms with E-state index in [-0.39, 0.29) is 17.4 Å². The zero-order valence-electron chi connectivity index (χ0n) is 15.0. The number of carbonyl (C=O) groups is 1. The number of aromatic nitrogens is 3. The molecule has 1 N–H and O–H groups in total. The second-order valence-electron chi connectivity index (χ2n) is 8.25. The van der Waals surface area contributed by atoms with Crippen LogP contribution in [0.4, 0.5) is 0 Å². The fraction of sp³-hybridized carbons (Fsp3) is 0.632. The average molecular weight is 326 g/mol. The smallest absolute Gasteiger partial charge is 0.251 e. The number of carbonyl (C=O) groups excluding carboxylic acids is 1. The second-order valence-corrected chi connectivity index (χ2v) is 8.25. The van der Waals surface area contributed by atoms with Crippen molar-refractivity contribution < 1.29 is 4.79 Å². The first-order valence-corrected chi connectivity index (χ1v) is 9.01. The van der Waals surface area contributed by atoms with Crippen LogP contribution >= 0.6 is 0 Å². The Bertz CT molecular complexity index is 809. The molecule has 2 aliphatic rings. The molecule has 3 unspecified atom stereocenters. The van der Waals surface area contributed by atoms with Crippen LogP contribution in [-0.4, -0.2) is 26.9 Å². The number of fused-ring (bicyclic) bond motifs is 3. The number of hydrogen-bond donors (Lipinski definition) is 1. The van der Waals surface area contributed by atoms with Gasteiger partial charge in [-0.05, 0) is 61.1 Å². The van der Waals surface area contributed by atoms with Gasteiger partial charge in [0.05, 0.1) is 5.52 Å². The molecule has 2 fully saturated rings. The van der Waals surface area contributed by atoms with E-state index >= 15 is 0 Å². The van der Waals surface area contributed by atoms with Gasteiger partial charge in [0, 0.05) is 18.2 Å². The third-order valence-electron chi connectivity index (χ3n) is 7.17. The molecule has 0 radical (unpaired) electrons. The molecule has 1 heterocycles. The van der Waals surface area contributed by atoms with Gasteiger partial charge in [-0.15, -0.1) is 5.10 Å². The summed E-state index contributed by atoms with van der Waals surface area (Å²) in [6.45, 7) is 9.89. The normalized spacial score (nSPS) is 30.8. The summed E-state index contributed by atoms with van der Waals surface area (Å²) in [5.41, 5.74) is 2.93. The summed E-state index contributed by atoms with van der Waals surface area (Å²) in [5, 5.41) is 11.6. The molecule has 1 aromatic heterocycles. The van der Waals surface area contributed by atoms with Gasteiger partial charge in [0.15, 0.2) is 0 Å². The van der Waals surface area contributed by atoms with Crippen molar-refractivity contribution in [2.45, 2.75) is 59.5 Å². The number of aryl methyl sites for hydroxylation is 1. The summed E-state index contributed by atoms with van der Waals surface area (Å²) in [7, 11) is 0. The summed E-state index contributed by atoms with van der Waals surface area (Å²) in [5.74, 6) is 0.734. The molecule has 24 heavy (non-hydrogen) atoms. The van der Waals surface area contributed by atoms with Crippen LogP contribution < -0.4 is 5.32 Å². The number of amides is 1. The average Bonchev–Trinajstić information content (AvgIpc) is 3.13. The summed E-state index contributed by atoms with van der Waals surface area (Å²) in [6.07, 6.45) is 3.60. The van der Waals surface area contributed by atoms with E-state index in [0.717, 1.165) is 29.9 Å². The van der Waals surface area contributed by atoms with Crippen LogP contribution in [0.5, 0.6) is 0 Å². The molecule has 0 spiro atoms. The lowest BCUT2D eigenvalue weighted by atomic mass is 9.69. The van der Waals surface area contributed by atoms with E-state index in [1.165, 1.54) is 12.8 Å². The van der Waals surface area contributed by atoms with Gasteiger partial charge >= 0.3 is 0 Å². The molecule has 5 heteroatoms. The van der Waals surface area contributed by atoms with E-state index in [1.807, 2.05) is 29.8 Å². The standard InChI is InChI=1S/C19H26N4O/c1-5-23-15-7-6-12(10-14(15)21-22-23)17(24)20-16-11-13-8-9-19(16,4)18(13,2)3/h6-7,10,13,16H,5,8-9,11H2,1-4H3,(H,20,24). The summed E-state index contributed by atoms with van der Waals surface area (Å²) < 4.78 is 1.84. The lowest BCUT2D eigenvalue weighted by Gasteiger charge is -2.39. The largest absolute Gasteiger partial charge is 0.349 e. The molecule has 3 atom stereocenters. The van der Waals surface area contributed by atoms with Crippen molar-refractivity contribution in [3.63, 3.8) is 0 Å². The Kier molecular flexibility index (Phi) is 3.28. The fourth-order valence-electron chi connectivity index (χ4n) is 5.01. The molecule has 2 aromatic rings. The van der Waals surface area contributed by atoms with Crippen LogP contribution in [0, 0.1) is 16.7 Å². The van der Waals surface area contributed by atoms with Gasteiger partial charge in [0.1, 0.15) is 5.52 Å². The van der Waals surface area contributed by atoms with Gasteiger partial charge in [-0.2, -0.15) is 0 Å². The maximum absolute atomic E-state index is 12.8. The Balaban J connectivity index is 1.57. The third kappa shape index (κ3) is 1.96. The minimum absolute atomic E-state index is 0.0116. The van der Waals surface area contributed by atoms with Crippen molar-refractivity contribution >= 4 is 16.9 Å². The number of hydrogen-bond acceptors (Lipinski definition) is 3. The van der Waals surface area contributed by atoms with Crippen molar-refractivity contribution in [3.8, 4) is 0 Å². The SMILES string of the molecule is CCn1nnc2cc(C(=O)NC3CC4CCC3(C)C4(C)C)ccc21. The molecule has 0 aliphatic heterocycles. The van der Waals surface area contributed by atoms with E-state index in [4.69, 9.17) is 0 Å². The molecule has 1 amide bonds. The quantitative estimate of drug-likeness (QED) is 0.940. The predicted molar refractivity (Wildman–Crippen MR) is 93.7 cm³/mol. The molecule has 128 valence electrons. The number of nitrogens with one attached hydrogen (secondary N) is 1. The molecule has 2 aliphatic carbocycles. The van der Waals surface area contributed by atoms with Crippen LogP contribution in [0.3, 0.4) is 0 Å². The predicted octanol–water partition coefficient (Wildman–Crippen LogP) is 3.40. The van der Waals surface area contributed by atoms with Crippen molar-refractivity contribution in [1.29, 1.82) is 0 Å². The maximum atomic E-state index is 12.8. The number of benzene rings is 1.